The highest BCUT2D eigenvalue weighted by Gasteiger charge is 2.36. The van der Waals surface area contributed by atoms with E-state index in [2.05, 4.69) is 5.32 Å². The minimum atomic E-state index is -0.284. The van der Waals surface area contributed by atoms with E-state index in [1.165, 1.54) is 0 Å². The third-order valence-electron chi connectivity index (χ3n) is 4.75. The quantitative estimate of drug-likeness (QED) is 0.856. The van der Waals surface area contributed by atoms with Gasteiger partial charge in [-0.25, -0.2) is 0 Å². The van der Waals surface area contributed by atoms with Crippen molar-refractivity contribution in [3.63, 3.8) is 0 Å². The summed E-state index contributed by atoms with van der Waals surface area (Å²) >= 11 is 5.88. The van der Waals surface area contributed by atoms with Crippen LogP contribution >= 0.6 is 24.0 Å². The standard InChI is InChI=1S/C17H22ClN3O2.ClH/c18-12-1-7-15(8-2-12)21-10-11(9-16(21)22)17(23)20-14-5-3-13(19)4-6-14;/h1-2,7-8,11,13-14H,3-6,9-10,19H2,(H,20,23);1H. The van der Waals surface area contributed by atoms with Crippen LogP contribution in [0, 0.1) is 5.92 Å². The fourth-order valence-electron chi connectivity index (χ4n) is 3.34. The molecular formula is C17H23Cl2N3O2. The monoisotopic (exact) mass is 371 g/mol. The van der Waals surface area contributed by atoms with Crippen molar-refractivity contribution < 1.29 is 9.59 Å². The smallest absolute Gasteiger partial charge is 0.227 e. The van der Waals surface area contributed by atoms with Crippen molar-refractivity contribution in [3.8, 4) is 0 Å². The zero-order valence-corrected chi connectivity index (χ0v) is 15.0. The molecular weight excluding hydrogens is 349 g/mol. The van der Waals surface area contributed by atoms with Gasteiger partial charge in [0.1, 0.15) is 0 Å². The number of hydrogen-bond donors (Lipinski definition) is 2. The molecule has 3 N–H and O–H groups in total. The zero-order chi connectivity index (χ0) is 16.4. The number of nitrogens with one attached hydrogen (secondary N) is 1. The average Bonchev–Trinajstić information content (AvgIpc) is 2.92. The van der Waals surface area contributed by atoms with E-state index in [0.29, 0.717) is 11.6 Å². The summed E-state index contributed by atoms with van der Waals surface area (Å²) in [5.74, 6) is -0.317. The van der Waals surface area contributed by atoms with Crippen molar-refractivity contribution in [3.05, 3.63) is 29.3 Å². The Morgan fingerprint density at radius 3 is 2.42 bits per heavy atom. The van der Waals surface area contributed by atoms with Crippen LogP contribution in [-0.2, 0) is 9.59 Å². The third kappa shape index (κ3) is 4.41. The minimum absolute atomic E-state index is 0. The van der Waals surface area contributed by atoms with Crippen LogP contribution in [0.1, 0.15) is 32.1 Å². The Hall–Kier alpha value is -1.30. The average molecular weight is 372 g/mol. The molecule has 1 saturated carbocycles. The van der Waals surface area contributed by atoms with Crippen LogP contribution in [0.2, 0.25) is 5.02 Å². The van der Waals surface area contributed by atoms with Gasteiger partial charge in [-0.05, 0) is 49.9 Å². The molecule has 0 aromatic heterocycles. The van der Waals surface area contributed by atoms with Crippen LogP contribution in [0.25, 0.3) is 0 Å². The van der Waals surface area contributed by atoms with Crippen LogP contribution < -0.4 is 16.0 Å². The van der Waals surface area contributed by atoms with E-state index in [0.717, 1.165) is 31.4 Å². The number of rotatable bonds is 3. The maximum atomic E-state index is 12.4. The molecule has 2 aliphatic rings. The van der Waals surface area contributed by atoms with E-state index in [1.807, 2.05) is 12.1 Å². The molecule has 3 rings (SSSR count). The number of benzene rings is 1. The van der Waals surface area contributed by atoms with Crippen molar-refractivity contribution in [1.82, 2.24) is 5.32 Å². The molecule has 24 heavy (non-hydrogen) atoms. The summed E-state index contributed by atoms with van der Waals surface area (Å²) < 4.78 is 0. The summed E-state index contributed by atoms with van der Waals surface area (Å²) in [7, 11) is 0. The predicted octanol–water partition coefficient (Wildman–Crippen LogP) is 2.50. The summed E-state index contributed by atoms with van der Waals surface area (Å²) in [5, 5.41) is 3.72. The number of carbonyl (C=O) groups excluding carboxylic acids is 2. The molecule has 0 bridgehead atoms. The van der Waals surface area contributed by atoms with Crippen molar-refractivity contribution >= 4 is 41.5 Å². The Kier molecular flexibility index (Phi) is 6.49. The van der Waals surface area contributed by atoms with E-state index in [9.17, 15) is 9.59 Å². The Morgan fingerprint density at radius 2 is 1.79 bits per heavy atom. The van der Waals surface area contributed by atoms with Gasteiger partial charge in [0.05, 0.1) is 5.92 Å². The van der Waals surface area contributed by atoms with Gasteiger partial charge in [0, 0.05) is 35.8 Å². The Balaban J connectivity index is 0.00000208. The second-order valence-corrected chi connectivity index (χ2v) is 6.94. The molecule has 0 radical (unpaired) electrons. The maximum Gasteiger partial charge on any atom is 0.227 e. The predicted molar refractivity (Wildman–Crippen MR) is 97.5 cm³/mol. The summed E-state index contributed by atoms with van der Waals surface area (Å²) in [6, 6.07) is 7.58. The van der Waals surface area contributed by atoms with Crippen molar-refractivity contribution in [1.29, 1.82) is 0 Å². The first-order valence-corrected chi connectivity index (χ1v) is 8.52. The molecule has 132 valence electrons. The van der Waals surface area contributed by atoms with E-state index in [4.69, 9.17) is 17.3 Å². The first kappa shape index (κ1) is 19.0. The number of hydrogen-bond acceptors (Lipinski definition) is 3. The lowest BCUT2D eigenvalue weighted by Gasteiger charge is -2.27. The number of nitrogens with zero attached hydrogens (tertiary/aromatic N) is 1. The van der Waals surface area contributed by atoms with Gasteiger partial charge >= 0.3 is 0 Å². The fourth-order valence-corrected chi connectivity index (χ4v) is 3.46. The Labute approximate surface area is 153 Å². The molecule has 1 aromatic carbocycles. The number of carbonyl (C=O) groups is 2. The van der Waals surface area contributed by atoms with Gasteiger partial charge < -0.3 is 16.0 Å². The second kappa shape index (κ2) is 8.19. The van der Waals surface area contributed by atoms with Crippen LogP contribution in [0.15, 0.2) is 24.3 Å². The number of amides is 2. The van der Waals surface area contributed by atoms with E-state index in [-0.39, 0.29) is 48.6 Å². The van der Waals surface area contributed by atoms with E-state index < -0.39 is 0 Å². The van der Waals surface area contributed by atoms with Gasteiger partial charge in [-0.15, -0.1) is 12.4 Å². The fraction of sp³-hybridized carbons (Fsp3) is 0.529. The molecule has 2 fully saturated rings. The van der Waals surface area contributed by atoms with Crippen molar-refractivity contribution in [2.75, 3.05) is 11.4 Å². The first-order valence-electron chi connectivity index (χ1n) is 8.15. The van der Waals surface area contributed by atoms with Gasteiger partial charge in [0.2, 0.25) is 11.8 Å². The summed E-state index contributed by atoms with van der Waals surface area (Å²) in [5.41, 5.74) is 6.68. The molecule has 0 spiro atoms. The highest BCUT2D eigenvalue weighted by Crippen LogP contribution is 2.27. The summed E-state index contributed by atoms with van der Waals surface area (Å²) in [4.78, 5) is 26.3. The molecule has 7 heteroatoms. The normalized spacial score (nSPS) is 26.8. The molecule has 1 atom stereocenters. The molecule has 1 aromatic rings. The Morgan fingerprint density at radius 1 is 1.17 bits per heavy atom. The largest absolute Gasteiger partial charge is 0.353 e. The van der Waals surface area contributed by atoms with Gasteiger partial charge in [-0.2, -0.15) is 0 Å². The number of nitrogens with two attached hydrogens (primary N) is 1. The zero-order valence-electron chi connectivity index (χ0n) is 13.4. The molecule has 1 aliphatic carbocycles. The molecule has 1 aliphatic heterocycles. The third-order valence-corrected chi connectivity index (χ3v) is 5.00. The molecule has 5 nitrogen and oxygen atoms in total. The minimum Gasteiger partial charge on any atom is -0.353 e. The van der Waals surface area contributed by atoms with E-state index in [1.54, 1.807) is 17.0 Å². The van der Waals surface area contributed by atoms with Gasteiger partial charge in [0.15, 0.2) is 0 Å². The van der Waals surface area contributed by atoms with Crippen molar-refractivity contribution in [2.45, 2.75) is 44.2 Å². The molecule has 1 heterocycles. The van der Waals surface area contributed by atoms with Gasteiger partial charge in [-0.1, -0.05) is 11.6 Å². The Bertz CT molecular complexity index is 586. The highest BCUT2D eigenvalue weighted by atomic mass is 35.5. The van der Waals surface area contributed by atoms with Gasteiger partial charge in [-0.3, -0.25) is 9.59 Å². The van der Waals surface area contributed by atoms with Crippen LogP contribution in [-0.4, -0.2) is 30.4 Å². The molecule has 1 saturated heterocycles. The SMILES string of the molecule is Cl.NC1CCC(NC(=O)C2CC(=O)N(c3ccc(Cl)cc3)C2)CC1. The highest BCUT2D eigenvalue weighted by molar-refractivity contribution is 6.30. The molecule has 2 amide bonds. The lowest BCUT2D eigenvalue weighted by molar-refractivity contribution is -0.127. The van der Waals surface area contributed by atoms with Crippen LogP contribution in [0.4, 0.5) is 5.69 Å². The number of anilines is 1. The van der Waals surface area contributed by atoms with Crippen molar-refractivity contribution in [2.24, 2.45) is 11.7 Å². The molecule has 1 unspecified atom stereocenters. The first-order chi connectivity index (χ1) is 11.0. The van der Waals surface area contributed by atoms with Crippen LogP contribution in [0.3, 0.4) is 0 Å². The lowest BCUT2D eigenvalue weighted by atomic mass is 9.91. The maximum absolute atomic E-state index is 12.4. The lowest BCUT2D eigenvalue weighted by Crippen LogP contribution is -2.43. The van der Waals surface area contributed by atoms with Gasteiger partial charge in [0.25, 0.3) is 0 Å². The number of halogens is 2. The summed E-state index contributed by atoms with van der Waals surface area (Å²) in [6.07, 6.45) is 4.01. The second-order valence-electron chi connectivity index (χ2n) is 6.50. The summed E-state index contributed by atoms with van der Waals surface area (Å²) in [6.45, 7) is 0.429. The topological polar surface area (TPSA) is 75.4 Å². The van der Waals surface area contributed by atoms with E-state index >= 15 is 0 Å². The van der Waals surface area contributed by atoms with Crippen LogP contribution in [0.5, 0.6) is 0 Å².